The van der Waals surface area contributed by atoms with Crippen molar-refractivity contribution >= 4 is 134 Å². The summed E-state index contributed by atoms with van der Waals surface area (Å²) in [6, 6.07) is 49.6. The number of carbonyl (C=O) groups is 6. The number of aromatic nitrogens is 9. The van der Waals surface area contributed by atoms with Crippen LogP contribution >= 0.6 is 34.0 Å². The van der Waals surface area contributed by atoms with E-state index in [1.54, 1.807) is 153 Å². The summed E-state index contributed by atoms with van der Waals surface area (Å²) < 4.78 is 79.6. The minimum atomic E-state index is -1.13. The number of pyridine rings is 3. The fraction of sp³-hybridized carbons (Fsp3) is 0.133. The summed E-state index contributed by atoms with van der Waals surface area (Å²) in [6.45, 7) is 3.09. The number of aliphatic hydroxyl groups excluding tert-OH is 1. The van der Waals surface area contributed by atoms with Crippen molar-refractivity contribution in [3.05, 3.63) is 256 Å². The van der Waals surface area contributed by atoms with Crippen molar-refractivity contribution < 1.29 is 75.8 Å². The zero-order valence-corrected chi connectivity index (χ0v) is 64.7. The zero-order valence-electron chi connectivity index (χ0n) is 62.2. The summed E-state index contributed by atoms with van der Waals surface area (Å²) in [6.07, 6.45) is 14.4. The second kappa shape index (κ2) is 40.1. The highest BCUT2D eigenvalue weighted by atomic mass is 32.1. The highest BCUT2D eigenvalue weighted by molar-refractivity contribution is 7.23. The van der Waals surface area contributed by atoms with E-state index in [-0.39, 0.29) is 35.2 Å². The molecule has 0 aliphatic carbocycles. The van der Waals surface area contributed by atoms with Gasteiger partial charge in [0.2, 0.25) is 29.5 Å². The number of rotatable bonds is 28. The van der Waals surface area contributed by atoms with Crippen molar-refractivity contribution in [2.45, 2.75) is 38.9 Å². The van der Waals surface area contributed by atoms with Gasteiger partial charge < -0.3 is 79.9 Å². The molecule has 0 bridgehead atoms. The Morgan fingerprint density at radius 2 is 0.718 bits per heavy atom. The number of nitrogens with two attached hydrogens (primary N) is 1. The van der Waals surface area contributed by atoms with Crippen LogP contribution in [0.15, 0.2) is 238 Å². The Morgan fingerprint density at radius 3 is 1.04 bits per heavy atom. The number of benzene rings is 6. The quantitative estimate of drug-likeness (QED) is 0.0167. The monoisotopic (exact) mass is 1640 g/mol. The van der Waals surface area contributed by atoms with Crippen LogP contribution in [0.5, 0.6) is 34.5 Å². The van der Waals surface area contributed by atoms with Crippen LogP contribution in [0.3, 0.4) is 0 Å². The molecule has 0 saturated heterocycles. The lowest BCUT2D eigenvalue weighted by atomic mass is 10.2. The molecule has 34 heteroatoms. The summed E-state index contributed by atoms with van der Waals surface area (Å²) in [7, 11) is 3.32. The highest BCUT2D eigenvalue weighted by Crippen LogP contribution is 2.43. The Balaban J connectivity index is 0.000000152. The standard InChI is InChI=1S/C28H24FN5O4S.C27H22FN5O4S.C19H17FN4O2S.C9H9NO3/c1-37-12-11-34-16-22(31-17-34)25-14-21-28(39-25)24(9-10-30-21)38-23-8-7-19(13-20(23)29)33-27(36)15-26(35)32-18-5-3-2-4-6-18;28-19-12-18(32-26(36)14-25(35)31-17-4-2-1-3-5-17)6-7-22(19)37-23-8-9-29-20-13-24(38-27(20)23)21-15-33(10-11-34)16-30-21;1-25-7-6-24-10-15(23-11-24)18-9-14-19(27-18)17(4-5-22-14)26-16-3-2-12(21)8-13(16)20;11-8(6-9(12)13)10-7-4-2-1-3-5-7/h2-10,13-14,16-17H,11-12,15H2,1H3,(H,32,35)(H,33,36);1-9,12-13,15-16,34H,10-11,14H2,(H,31,35)(H,32,36);2-5,8-11H,6-7,21H2,1H3;1-5H,6H2,(H,10,11)(H,12,13). The van der Waals surface area contributed by atoms with Gasteiger partial charge in [0.1, 0.15) is 36.5 Å². The maximum atomic E-state index is 14.9. The zero-order chi connectivity index (χ0) is 82.2. The first-order chi connectivity index (χ1) is 56.8. The number of nitrogen functional groups attached to an aromatic ring is 1. The molecule has 596 valence electrons. The Kier molecular flexibility index (Phi) is 28.3. The highest BCUT2D eigenvalue weighted by Gasteiger charge is 2.21. The van der Waals surface area contributed by atoms with Gasteiger partial charge in [-0.3, -0.25) is 43.7 Å². The van der Waals surface area contributed by atoms with Crippen molar-refractivity contribution in [3.8, 4) is 66.2 Å². The van der Waals surface area contributed by atoms with E-state index in [1.807, 2.05) is 64.1 Å². The lowest BCUT2D eigenvalue weighted by molar-refractivity contribution is -0.139. The predicted octanol–water partition coefficient (Wildman–Crippen LogP) is 16.2. The summed E-state index contributed by atoms with van der Waals surface area (Å²) in [5.74, 6) is -4.10. The van der Waals surface area contributed by atoms with Gasteiger partial charge in [0.15, 0.2) is 34.7 Å². The number of amides is 5. The van der Waals surface area contributed by atoms with E-state index in [1.165, 1.54) is 70.4 Å². The summed E-state index contributed by atoms with van der Waals surface area (Å²) >= 11 is 4.35. The normalized spacial score (nSPS) is 10.8. The third-order valence-electron chi connectivity index (χ3n) is 16.4. The van der Waals surface area contributed by atoms with Gasteiger partial charge in [-0.1, -0.05) is 54.6 Å². The molecular weight excluding hydrogens is 1570 g/mol. The number of aliphatic hydroxyl groups is 1. The molecule has 0 aliphatic heterocycles. The number of methoxy groups -OCH3 is 2. The first-order valence-corrected chi connectivity index (χ1v) is 38.1. The van der Waals surface area contributed by atoms with Gasteiger partial charge in [0.25, 0.3) is 0 Å². The Bertz CT molecular complexity index is 5970. The molecule has 0 aliphatic rings. The SMILES string of the molecule is COCCn1cnc(-c2cc3nccc(Oc4ccc(N)cc4F)c3s2)c1.COCCn1cnc(-c2cc3nccc(Oc4ccc(NC(=O)CC(=O)Nc5ccccc5)cc4F)c3s2)c1.O=C(CC(=O)Nc1ccc(Oc2ccnc3cc(-c4cn(CCO)cn4)sc23)c(F)c1)Nc1ccccc1.O=C(O)CC(=O)Nc1ccccc1. The minimum absolute atomic E-state index is 0.0129. The number of para-hydroxylation sites is 3. The number of aliphatic carboxylic acids is 1. The van der Waals surface area contributed by atoms with Crippen LogP contribution < -0.4 is 46.5 Å². The fourth-order valence-corrected chi connectivity index (χ4v) is 14.1. The van der Waals surface area contributed by atoms with Crippen LogP contribution in [0.25, 0.3) is 62.4 Å². The van der Waals surface area contributed by atoms with Crippen LogP contribution in [-0.2, 0) is 57.9 Å². The first-order valence-electron chi connectivity index (χ1n) is 35.6. The maximum Gasteiger partial charge on any atom is 0.312 e. The second-order valence-electron chi connectivity index (χ2n) is 25.2. The number of nitrogens with zero attached hydrogens (tertiary/aromatic N) is 9. The second-order valence-corrected chi connectivity index (χ2v) is 28.3. The van der Waals surface area contributed by atoms with E-state index in [9.17, 15) is 41.9 Å². The number of nitrogens with one attached hydrogen (secondary N) is 5. The number of thiophene rings is 3. The lowest BCUT2D eigenvalue weighted by Gasteiger charge is -2.10. The van der Waals surface area contributed by atoms with Gasteiger partial charge in [0, 0.05) is 142 Å². The van der Waals surface area contributed by atoms with E-state index in [0.717, 1.165) is 70.0 Å². The molecule has 9 N–H and O–H groups in total. The molecule has 5 amide bonds. The molecule has 0 spiro atoms. The topological polar surface area (TPSA) is 367 Å². The number of anilines is 6. The summed E-state index contributed by atoms with van der Waals surface area (Å²) in [4.78, 5) is 99.0. The molecule has 9 heterocycles. The van der Waals surface area contributed by atoms with Crippen molar-refractivity contribution in [2.75, 3.05) is 66.4 Å². The number of hydrogen-bond acceptors (Lipinski definition) is 22. The average molecular weight is 1640 g/mol. The molecule has 117 heavy (non-hydrogen) atoms. The molecule has 0 unspecified atom stereocenters. The molecular formula is C83H72F3N15O13S3. The van der Waals surface area contributed by atoms with Crippen LogP contribution in [0.1, 0.15) is 19.3 Å². The van der Waals surface area contributed by atoms with Gasteiger partial charge in [0.05, 0.1) is 101 Å². The first kappa shape index (κ1) is 82.4. The smallest absolute Gasteiger partial charge is 0.312 e. The van der Waals surface area contributed by atoms with Crippen molar-refractivity contribution in [3.63, 3.8) is 0 Å². The van der Waals surface area contributed by atoms with E-state index in [4.69, 9.17) is 39.6 Å². The van der Waals surface area contributed by atoms with Crippen LogP contribution in [-0.4, -0.2) is 123 Å². The molecule has 0 atom stereocenters. The third-order valence-corrected chi connectivity index (χ3v) is 19.9. The van der Waals surface area contributed by atoms with E-state index >= 15 is 0 Å². The molecule has 0 saturated carbocycles. The molecule has 0 fully saturated rings. The maximum absolute atomic E-state index is 14.9. The Morgan fingerprint density at radius 1 is 0.393 bits per heavy atom. The van der Waals surface area contributed by atoms with Crippen molar-refractivity contribution in [2.24, 2.45) is 0 Å². The van der Waals surface area contributed by atoms with Crippen LogP contribution in [0.4, 0.5) is 47.3 Å². The van der Waals surface area contributed by atoms with Crippen molar-refractivity contribution in [1.82, 2.24) is 43.6 Å². The largest absolute Gasteiger partial charge is 0.481 e. The minimum Gasteiger partial charge on any atom is -0.481 e. The number of carboxylic acids is 1. The van der Waals surface area contributed by atoms with E-state index in [0.29, 0.717) is 77.3 Å². The number of imidazole rings is 3. The Labute approximate surface area is 677 Å². The molecule has 9 aromatic heterocycles. The fourth-order valence-electron chi connectivity index (χ4n) is 11.0. The van der Waals surface area contributed by atoms with Gasteiger partial charge in [-0.05, 0) is 91.0 Å². The van der Waals surface area contributed by atoms with E-state index in [2.05, 4.69) is 56.5 Å². The molecule has 6 aromatic carbocycles. The lowest BCUT2D eigenvalue weighted by Crippen LogP contribution is -2.21. The molecule has 15 aromatic rings. The summed E-state index contributed by atoms with van der Waals surface area (Å²) in [5.41, 5.74) is 12.6. The molecule has 0 radical (unpaired) electrons. The van der Waals surface area contributed by atoms with Gasteiger partial charge in [-0.25, -0.2) is 28.1 Å². The van der Waals surface area contributed by atoms with Gasteiger partial charge in [-0.15, -0.1) is 34.0 Å². The van der Waals surface area contributed by atoms with Crippen LogP contribution in [0.2, 0.25) is 0 Å². The number of carbonyl (C=O) groups excluding carboxylic acids is 5. The predicted molar refractivity (Wildman–Crippen MR) is 441 cm³/mol. The number of hydrogen-bond donors (Lipinski definition) is 8. The third kappa shape index (κ3) is 23.3. The van der Waals surface area contributed by atoms with Crippen molar-refractivity contribution in [1.29, 1.82) is 0 Å². The van der Waals surface area contributed by atoms with Crippen LogP contribution in [0, 0.1) is 17.5 Å². The van der Waals surface area contributed by atoms with Gasteiger partial charge in [-0.2, -0.15) is 0 Å². The summed E-state index contributed by atoms with van der Waals surface area (Å²) in [5, 5.41) is 30.2. The number of ether oxygens (including phenoxy) is 5. The number of carboxylic acid groups (broad SMARTS) is 1. The number of fused-ring (bicyclic) bond motifs is 3. The van der Waals surface area contributed by atoms with Gasteiger partial charge >= 0.3 is 5.97 Å². The molecule has 28 nitrogen and oxygen atoms in total. The molecule has 15 rings (SSSR count). The Hall–Kier alpha value is -14.0. The number of halogens is 3. The van der Waals surface area contributed by atoms with E-state index < -0.39 is 72.2 Å². The average Bonchev–Trinajstić information content (AvgIpc) is 1.66.